The van der Waals surface area contributed by atoms with Crippen molar-refractivity contribution < 1.29 is 10.0 Å². The van der Waals surface area contributed by atoms with Crippen molar-refractivity contribution in [3.8, 4) is 0 Å². The van der Waals surface area contributed by atoms with Crippen LogP contribution in [0.3, 0.4) is 0 Å². The van der Waals surface area contributed by atoms with E-state index in [2.05, 4.69) is 5.32 Å². The van der Waals surface area contributed by atoms with Gasteiger partial charge in [0, 0.05) is 12.2 Å². The van der Waals surface area contributed by atoms with E-state index in [-0.39, 0.29) is 0 Å². The molecule has 0 spiro atoms. The molecule has 3 rings (SSSR count). The predicted octanol–water partition coefficient (Wildman–Crippen LogP) is 4.32. The highest BCUT2D eigenvalue weighted by molar-refractivity contribution is 5.86. The first-order valence-electron chi connectivity index (χ1n) is 9.10. The molecule has 25 heavy (non-hydrogen) atoms. The second-order valence-electron chi connectivity index (χ2n) is 6.83. The summed E-state index contributed by atoms with van der Waals surface area (Å²) in [6.45, 7) is 0.978. The molecule has 1 aliphatic carbocycles. The molecule has 3 N–H and O–H groups in total. The second-order valence-corrected chi connectivity index (χ2v) is 6.83. The van der Waals surface area contributed by atoms with Crippen molar-refractivity contribution in [3.63, 3.8) is 0 Å². The van der Waals surface area contributed by atoms with Crippen molar-refractivity contribution in [1.82, 2.24) is 5.48 Å². The van der Waals surface area contributed by atoms with Gasteiger partial charge in [-0.3, -0.25) is 10.0 Å². The smallest absolute Gasteiger partial charge is 0.255 e. The Kier molecular flexibility index (Phi) is 6.07. The minimum atomic E-state index is -0.525. The Morgan fingerprint density at radius 3 is 2.44 bits per heavy atom. The average Bonchev–Trinajstić information content (AvgIpc) is 2.68. The maximum absolute atomic E-state index is 12.2. The van der Waals surface area contributed by atoms with Gasteiger partial charge in [-0.2, -0.15) is 0 Å². The van der Waals surface area contributed by atoms with Crippen molar-refractivity contribution in [2.45, 2.75) is 38.0 Å². The predicted molar refractivity (Wildman–Crippen MR) is 99.7 cm³/mol. The van der Waals surface area contributed by atoms with Crippen LogP contribution in [0.1, 0.15) is 49.1 Å². The Balaban J connectivity index is 1.76. The third kappa shape index (κ3) is 4.60. The largest absolute Gasteiger partial charge is 0.385 e. The molecule has 0 radical (unpaired) electrons. The summed E-state index contributed by atoms with van der Waals surface area (Å²) in [6, 6.07) is 17.5. The van der Waals surface area contributed by atoms with E-state index >= 15 is 0 Å². The van der Waals surface area contributed by atoms with E-state index in [0.717, 1.165) is 29.3 Å². The number of carbonyl (C=O) groups excluding carboxylic acids is 1. The van der Waals surface area contributed by atoms with Gasteiger partial charge in [0.25, 0.3) is 5.91 Å². The van der Waals surface area contributed by atoms with Crippen LogP contribution in [-0.2, 0) is 4.79 Å². The molecule has 1 fully saturated rings. The fraction of sp³-hybridized carbons (Fsp3) is 0.381. The Bertz CT molecular complexity index is 681. The number of nitrogens with one attached hydrogen (secondary N) is 2. The van der Waals surface area contributed by atoms with Crippen LogP contribution >= 0.6 is 0 Å². The molecule has 132 valence electrons. The Morgan fingerprint density at radius 2 is 1.72 bits per heavy atom. The van der Waals surface area contributed by atoms with Gasteiger partial charge in [0.1, 0.15) is 0 Å². The first-order chi connectivity index (χ1) is 12.3. The third-order valence-corrected chi connectivity index (χ3v) is 5.04. The number of anilines is 1. The summed E-state index contributed by atoms with van der Waals surface area (Å²) < 4.78 is 0. The maximum atomic E-state index is 12.2. The molecule has 0 bridgehead atoms. The molecule has 1 saturated carbocycles. The summed E-state index contributed by atoms with van der Waals surface area (Å²) in [7, 11) is 0. The minimum absolute atomic E-state index is 0.421. The fourth-order valence-corrected chi connectivity index (χ4v) is 3.69. The number of benzene rings is 2. The van der Waals surface area contributed by atoms with E-state index in [1.165, 1.54) is 32.1 Å². The van der Waals surface area contributed by atoms with Gasteiger partial charge in [-0.05, 0) is 42.0 Å². The Labute approximate surface area is 149 Å². The van der Waals surface area contributed by atoms with E-state index in [9.17, 15) is 4.79 Å². The number of hydroxylamine groups is 1. The molecule has 1 aliphatic rings. The molecule has 1 amide bonds. The van der Waals surface area contributed by atoms with Crippen LogP contribution in [0.2, 0.25) is 0 Å². The molecule has 2 aromatic rings. The van der Waals surface area contributed by atoms with Gasteiger partial charge < -0.3 is 5.32 Å². The van der Waals surface area contributed by atoms with E-state index in [1.54, 1.807) is 5.48 Å². The zero-order valence-electron chi connectivity index (χ0n) is 14.4. The summed E-state index contributed by atoms with van der Waals surface area (Å²) in [5.41, 5.74) is 4.56. The topological polar surface area (TPSA) is 61.4 Å². The molecular formula is C21H26N2O2. The lowest BCUT2D eigenvalue weighted by Gasteiger charge is -2.23. The number of carbonyl (C=O) groups is 1. The van der Waals surface area contributed by atoms with Crippen LogP contribution in [0.4, 0.5) is 5.69 Å². The van der Waals surface area contributed by atoms with Crippen molar-refractivity contribution >= 4 is 11.6 Å². The number of hydrogen-bond donors (Lipinski definition) is 3. The molecule has 4 nitrogen and oxygen atoms in total. The summed E-state index contributed by atoms with van der Waals surface area (Å²) in [4.78, 5) is 12.2. The lowest BCUT2D eigenvalue weighted by molar-refractivity contribution is -0.129. The number of hydrogen-bond acceptors (Lipinski definition) is 3. The highest BCUT2D eigenvalue weighted by atomic mass is 16.5. The molecule has 2 aromatic carbocycles. The third-order valence-electron chi connectivity index (χ3n) is 5.04. The normalized spacial score (nSPS) is 16.2. The monoisotopic (exact) mass is 338 g/mol. The van der Waals surface area contributed by atoms with E-state index in [1.807, 2.05) is 54.6 Å². The quantitative estimate of drug-likeness (QED) is 0.543. The molecule has 0 saturated heterocycles. The van der Waals surface area contributed by atoms with Crippen LogP contribution in [0, 0.1) is 5.92 Å². The molecule has 0 aromatic heterocycles. The van der Waals surface area contributed by atoms with Crippen molar-refractivity contribution in [3.05, 3.63) is 65.7 Å². The molecule has 1 unspecified atom stereocenters. The van der Waals surface area contributed by atoms with Crippen molar-refractivity contribution in [2.24, 2.45) is 5.92 Å². The highest BCUT2D eigenvalue weighted by Gasteiger charge is 2.22. The van der Waals surface area contributed by atoms with E-state index in [0.29, 0.717) is 0 Å². The van der Waals surface area contributed by atoms with Gasteiger partial charge in [0.15, 0.2) is 0 Å². The van der Waals surface area contributed by atoms with Crippen LogP contribution in [-0.4, -0.2) is 17.7 Å². The zero-order chi connectivity index (χ0) is 17.5. The second kappa shape index (κ2) is 8.67. The molecule has 0 aliphatic heterocycles. The summed E-state index contributed by atoms with van der Waals surface area (Å²) in [5, 5.41) is 12.7. The molecule has 1 atom stereocenters. The Hall–Kier alpha value is -2.33. The van der Waals surface area contributed by atoms with Crippen molar-refractivity contribution in [2.75, 3.05) is 11.9 Å². The Morgan fingerprint density at radius 1 is 1.00 bits per heavy atom. The lowest BCUT2D eigenvalue weighted by atomic mass is 9.89. The first kappa shape index (κ1) is 17.5. The van der Waals surface area contributed by atoms with E-state index < -0.39 is 11.8 Å². The van der Waals surface area contributed by atoms with Gasteiger partial charge in [0.05, 0.1) is 5.92 Å². The van der Waals surface area contributed by atoms with Crippen LogP contribution in [0.15, 0.2) is 54.6 Å². The van der Waals surface area contributed by atoms with Gasteiger partial charge >= 0.3 is 0 Å². The SMILES string of the molecule is O=C(NO)C(c1ccccc1)c1cccc(NCC2CCCCC2)c1. The van der Waals surface area contributed by atoms with Crippen molar-refractivity contribution in [1.29, 1.82) is 0 Å². The standard InChI is InChI=1S/C21H26N2O2/c24-21(23-25)20(17-10-5-2-6-11-17)18-12-7-13-19(14-18)22-15-16-8-3-1-4-9-16/h2,5-7,10-14,16,20,22,25H,1,3-4,8-9,15H2,(H,23,24). The van der Waals surface area contributed by atoms with Gasteiger partial charge in [-0.15, -0.1) is 0 Å². The zero-order valence-corrected chi connectivity index (χ0v) is 14.4. The highest BCUT2D eigenvalue weighted by Crippen LogP contribution is 2.28. The molecule has 4 heteroatoms. The van der Waals surface area contributed by atoms with Crippen LogP contribution < -0.4 is 10.8 Å². The lowest BCUT2D eigenvalue weighted by Crippen LogP contribution is -2.27. The fourth-order valence-electron chi connectivity index (χ4n) is 3.69. The molecular weight excluding hydrogens is 312 g/mol. The maximum Gasteiger partial charge on any atom is 0.255 e. The van der Waals surface area contributed by atoms with E-state index in [4.69, 9.17) is 5.21 Å². The number of amides is 1. The summed E-state index contributed by atoms with van der Waals surface area (Å²) in [6.07, 6.45) is 6.62. The number of rotatable bonds is 6. The van der Waals surface area contributed by atoms with Crippen LogP contribution in [0.5, 0.6) is 0 Å². The summed E-state index contributed by atoms with van der Waals surface area (Å²) in [5.74, 6) is -0.207. The average molecular weight is 338 g/mol. The first-order valence-corrected chi connectivity index (χ1v) is 9.10. The minimum Gasteiger partial charge on any atom is -0.385 e. The van der Waals surface area contributed by atoms with Crippen LogP contribution in [0.25, 0.3) is 0 Å². The molecule has 0 heterocycles. The van der Waals surface area contributed by atoms with Gasteiger partial charge in [-0.1, -0.05) is 61.7 Å². The van der Waals surface area contributed by atoms with Gasteiger partial charge in [0.2, 0.25) is 0 Å². The summed E-state index contributed by atoms with van der Waals surface area (Å²) >= 11 is 0. The van der Waals surface area contributed by atoms with Gasteiger partial charge in [-0.25, -0.2) is 5.48 Å².